The molecular weight excluding hydrogens is 432 g/mol. The average molecular weight is 452 g/mol. The molecule has 0 spiro atoms. The number of morpholine rings is 1. The molecule has 0 radical (unpaired) electrons. The topological polar surface area (TPSA) is 76.8 Å². The Morgan fingerprint density at radius 2 is 1.84 bits per heavy atom. The maximum atomic E-state index is 13.1. The molecule has 170 valence electrons. The van der Waals surface area contributed by atoms with Gasteiger partial charge in [0, 0.05) is 5.56 Å². The number of benzene rings is 1. The summed E-state index contributed by atoms with van der Waals surface area (Å²) in [6.07, 6.45) is -2.45. The molecule has 1 fully saturated rings. The lowest BCUT2D eigenvalue weighted by Crippen LogP contribution is -2.55. The molecule has 0 atom stereocenters. The van der Waals surface area contributed by atoms with Gasteiger partial charge in [-0.15, -0.1) is 0 Å². The quantitative estimate of drug-likeness (QED) is 0.337. The van der Waals surface area contributed by atoms with E-state index in [9.17, 15) is 27.2 Å². The number of ether oxygens (including phenoxy) is 1. The fourth-order valence-electron chi connectivity index (χ4n) is 3.06. The summed E-state index contributed by atoms with van der Waals surface area (Å²) in [7, 11) is 0. The predicted octanol–water partition coefficient (Wildman–Crippen LogP) is 3.64. The SMILES string of the molecule is CC1(C)C(=O)OCCN1C=O.Cc1cn2nc(-c3ccc(F)cc3)cc(C(F)(F)F)c2n1. The zero-order valence-corrected chi connectivity index (χ0v) is 17.5. The van der Waals surface area contributed by atoms with E-state index in [4.69, 9.17) is 4.74 Å². The molecule has 1 amide bonds. The molecule has 1 aliphatic heterocycles. The van der Waals surface area contributed by atoms with Gasteiger partial charge in [-0.2, -0.15) is 18.3 Å². The fraction of sp³-hybridized carbons (Fsp3) is 0.333. The van der Waals surface area contributed by atoms with Crippen molar-refractivity contribution < 1.29 is 31.9 Å². The zero-order chi connectivity index (χ0) is 23.7. The van der Waals surface area contributed by atoms with E-state index < -0.39 is 23.1 Å². The van der Waals surface area contributed by atoms with Gasteiger partial charge >= 0.3 is 12.1 Å². The van der Waals surface area contributed by atoms with Crippen LogP contribution < -0.4 is 0 Å². The maximum absolute atomic E-state index is 13.1. The number of carbonyl (C=O) groups is 2. The number of cyclic esters (lactones) is 1. The summed E-state index contributed by atoms with van der Waals surface area (Å²) in [6.45, 7) is 5.72. The highest BCUT2D eigenvalue weighted by molar-refractivity contribution is 5.83. The lowest BCUT2D eigenvalue weighted by atomic mass is 10.0. The minimum Gasteiger partial charge on any atom is -0.462 e. The van der Waals surface area contributed by atoms with Gasteiger partial charge < -0.3 is 9.64 Å². The van der Waals surface area contributed by atoms with Gasteiger partial charge in [-0.25, -0.2) is 18.7 Å². The Balaban J connectivity index is 0.000000222. The van der Waals surface area contributed by atoms with Gasteiger partial charge in [0.2, 0.25) is 6.41 Å². The van der Waals surface area contributed by atoms with Gasteiger partial charge in [0.25, 0.3) is 0 Å². The van der Waals surface area contributed by atoms with Crippen LogP contribution in [-0.2, 0) is 20.5 Å². The van der Waals surface area contributed by atoms with Crippen LogP contribution in [0, 0.1) is 12.7 Å². The van der Waals surface area contributed by atoms with Crippen LogP contribution in [0.2, 0.25) is 0 Å². The van der Waals surface area contributed by atoms with Gasteiger partial charge in [-0.1, -0.05) is 0 Å². The van der Waals surface area contributed by atoms with Crippen LogP contribution in [0.1, 0.15) is 25.1 Å². The summed E-state index contributed by atoms with van der Waals surface area (Å²) < 4.78 is 58.2. The molecule has 1 aliphatic rings. The number of amides is 1. The number of carbonyl (C=O) groups excluding carboxylic acids is 2. The highest BCUT2D eigenvalue weighted by Gasteiger charge is 2.38. The van der Waals surface area contributed by atoms with Crippen molar-refractivity contribution in [3.05, 3.63) is 53.6 Å². The molecule has 1 aromatic carbocycles. The number of rotatable bonds is 2. The molecule has 4 rings (SSSR count). The number of aryl methyl sites for hydroxylation is 1. The van der Waals surface area contributed by atoms with Gasteiger partial charge in [0.05, 0.1) is 24.1 Å². The van der Waals surface area contributed by atoms with E-state index >= 15 is 0 Å². The lowest BCUT2D eigenvalue weighted by Gasteiger charge is -2.37. The Labute approximate surface area is 180 Å². The van der Waals surface area contributed by atoms with Crippen LogP contribution in [0.3, 0.4) is 0 Å². The minimum absolute atomic E-state index is 0.104. The van der Waals surface area contributed by atoms with Crippen molar-refractivity contribution in [2.45, 2.75) is 32.5 Å². The first-order valence-electron chi connectivity index (χ1n) is 9.53. The number of alkyl halides is 3. The van der Waals surface area contributed by atoms with E-state index in [2.05, 4.69) is 10.1 Å². The highest BCUT2D eigenvalue weighted by atomic mass is 19.4. The van der Waals surface area contributed by atoms with Crippen LogP contribution in [0.25, 0.3) is 16.9 Å². The number of esters is 1. The second kappa shape index (κ2) is 8.56. The van der Waals surface area contributed by atoms with Crippen molar-refractivity contribution in [1.82, 2.24) is 19.5 Å². The van der Waals surface area contributed by atoms with E-state index in [1.807, 2.05) is 0 Å². The summed E-state index contributed by atoms with van der Waals surface area (Å²) in [4.78, 5) is 26.8. The molecule has 11 heteroatoms. The van der Waals surface area contributed by atoms with E-state index in [-0.39, 0.29) is 17.3 Å². The summed E-state index contributed by atoms with van der Waals surface area (Å²) in [5, 5.41) is 4.10. The van der Waals surface area contributed by atoms with Crippen LogP contribution in [0.4, 0.5) is 17.6 Å². The lowest BCUT2D eigenvalue weighted by molar-refractivity contribution is -0.167. The molecule has 3 aromatic rings. The monoisotopic (exact) mass is 452 g/mol. The number of hydrogen-bond acceptors (Lipinski definition) is 5. The predicted molar refractivity (Wildman–Crippen MR) is 106 cm³/mol. The molecule has 0 aliphatic carbocycles. The maximum Gasteiger partial charge on any atom is 0.420 e. The van der Waals surface area contributed by atoms with Crippen molar-refractivity contribution in [2.24, 2.45) is 0 Å². The molecular formula is C21H20F4N4O3. The van der Waals surface area contributed by atoms with Crippen molar-refractivity contribution in [1.29, 1.82) is 0 Å². The van der Waals surface area contributed by atoms with E-state index in [0.29, 0.717) is 30.8 Å². The van der Waals surface area contributed by atoms with E-state index in [1.54, 1.807) is 20.8 Å². The first-order chi connectivity index (χ1) is 14.9. The average Bonchev–Trinajstić information content (AvgIpc) is 3.09. The Bertz CT molecular complexity index is 1140. The number of halogens is 4. The smallest absolute Gasteiger partial charge is 0.420 e. The molecule has 32 heavy (non-hydrogen) atoms. The van der Waals surface area contributed by atoms with Crippen LogP contribution in [0.15, 0.2) is 36.5 Å². The normalized spacial score (nSPS) is 15.7. The zero-order valence-electron chi connectivity index (χ0n) is 17.5. The Morgan fingerprint density at radius 3 is 2.41 bits per heavy atom. The molecule has 7 nitrogen and oxygen atoms in total. The number of fused-ring (bicyclic) bond motifs is 1. The third kappa shape index (κ3) is 4.71. The van der Waals surface area contributed by atoms with E-state index in [0.717, 1.165) is 10.6 Å². The molecule has 0 unspecified atom stereocenters. The Morgan fingerprint density at radius 1 is 1.19 bits per heavy atom. The summed E-state index contributed by atoms with van der Waals surface area (Å²) >= 11 is 0. The Hall–Kier alpha value is -3.50. The molecule has 0 saturated carbocycles. The van der Waals surface area contributed by atoms with Crippen molar-refractivity contribution in [2.75, 3.05) is 13.2 Å². The van der Waals surface area contributed by atoms with Crippen molar-refractivity contribution >= 4 is 18.0 Å². The first kappa shape index (κ1) is 23.2. The van der Waals surface area contributed by atoms with Gasteiger partial charge in [-0.05, 0) is 51.1 Å². The molecule has 3 heterocycles. The number of nitrogens with zero attached hydrogens (tertiary/aromatic N) is 4. The minimum atomic E-state index is -4.54. The third-order valence-electron chi connectivity index (χ3n) is 4.90. The van der Waals surface area contributed by atoms with Gasteiger partial charge in [-0.3, -0.25) is 4.79 Å². The second-order valence-electron chi connectivity index (χ2n) is 7.59. The second-order valence-corrected chi connectivity index (χ2v) is 7.59. The summed E-state index contributed by atoms with van der Waals surface area (Å²) in [6, 6.07) is 6.04. The Kier molecular flexibility index (Phi) is 6.20. The standard InChI is InChI=1S/C14H9F4N3.C7H11NO3/c1-8-7-21-13(19-8)11(14(16,17)18)6-12(20-21)9-2-4-10(15)5-3-9;1-7(2)6(10)11-4-3-8(7)5-9/h2-7H,1H3;5H,3-4H2,1-2H3. The molecule has 0 N–H and O–H groups in total. The molecule has 1 saturated heterocycles. The fourth-order valence-corrected chi connectivity index (χ4v) is 3.06. The largest absolute Gasteiger partial charge is 0.462 e. The van der Waals surface area contributed by atoms with Crippen molar-refractivity contribution in [3.8, 4) is 11.3 Å². The van der Waals surface area contributed by atoms with Crippen LogP contribution in [0.5, 0.6) is 0 Å². The number of hydrogen-bond donors (Lipinski definition) is 0. The van der Waals surface area contributed by atoms with E-state index in [1.165, 1.54) is 35.4 Å². The molecule has 2 aromatic heterocycles. The molecule has 0 bridgehead atoms. The van der Waals surface area contributed by atoms with Gasteiger partial charge in [0.1, 0.15) is 23.5 Å². The summed E-state index contributed by atoms with van der Waals surface area (Å²) in [5.74, 6) is -0.801. The van der Waals surface area contributed by atoms with Crippen LogP contribution in [-0.4, -0.2) is 50.6 Å². The van der Waals surface area contributed by atoms with Crippen molar-refractivity contribution in [3.63, 3.8) is 0 Å². The number of imidazole rings is 1. The number of aromatic nitrogens is 3. The first-order valence-corrected chi connectivity index (χ1v) is 9.53. The van der Waals surface area contributed by atoms with Crippen LogP contribution >= 0.6 is 0 Å². The highest BCUT2D eigenvalue weighted by Crippen LogP contribution is 2.34. The third-order valence-corrected chi connectivity index (χ3v) is 4.90. The van der Waals surface area contributed by atoms with Gasteiger partial charge in [0.15, 0.2) is 5.65 Å². The summed E-state index contributed by atoms with van der Waals surface area (Å²) in [5.41, 5.74) is -0.970.